The highest BCUT2D eigenvalue weighted by atomic mass is 32.2. The maximum absolute atomic E-state index is 5.59. The summed E-state index contributed by atoms with van der Waals surface area (Å²) in [5, 5.41) is 0. The van der Waals surface area contributed by atoms with E-state index in [0.717, 1.165) is 12.8 Å². The molecule has 1 saturated heterocycles. The quantitative estimate of drug-likeness (QED) is 0.405. The number of hydrogen-bond donors (Lipinski definition) is 2. The summed E-state index contributed by atoms with van der Waals surface area (Å²) in [6.45, 7) is 4.91. The number of hydrazine groups is 1. The van der Waals surface area contributed by atoms with E-state index in [9.17, 15) is 0 Å². The first-order valence-electron chi connectivity index (χ1n) is 5.14. The van der Waals surface area contributed by atoms with Crippen LogP contribution in [0.3, 0.4) is 0 Å². The molecule has 1 heterocycles. The second kappa shape index (κ2) is 6.45. The van der Waals surface area contributed by atoms with Gasteiger partial charge in [0, 0.05) is 30.1 Å². The minimum atomic E-state index is 0.394. The molecule has 0 aromatic heterocycles. The van der Waals surface area contributed by atoms with E-state index >= 15 is 0 Å². The van der Waals surface area contributed by atoms with Crippen LogP contribution in [0.2, 0.25) is 0 Å². The molecule has 4 heteroatoms. The van der Waals surface area contributed by atoms with Crippen molar-refractivity contribution in [3.8, 4) is 0 Å². The van der Waals surface area contributed by atoms with Crippen molar-refractivity contribution in [1.82, 2.24) is 10.3 Å². The standard InChI is InChI=1S/C10H21N3S/c1-3-4-5-9(12-11)10-8-14-7-6-13(10)2/h3,9-10,12H,1,4-8,11H2,2H3. The van der Waals surface area contributed by atoms with E-state index in [4.69, 9.17) is 5.84 Å². The molecule has 3 N–H and O–H groups in total. The summed E-state index contributed by atoms with van der Waals surface area (Å²) < 4.78 is 0. The van der Waals surface area contributed by atoms with Gasteiger partial charge in [0.2, 0.25) is 0 Å². The third-order valence-corrected chi connectivity index (χ3v) is 3.85. The van der Waals surface area contributed by atoms with Crippen LogP contribution in [0.4, 0.5) is 0 Å². The van der Waals surface area contributed by atoms with Crippen LogP contribution in [-0.4, -0.2) is 42.1 Å². The Morgan fingerprint density at radius 3 is 3.14 bits per heavy atom. The number of nitrogens with one attached hydrogen (secondary N) is 1. The lowest BCUT2D eigenvalue weighted by Gasteiger charge is -2.37. The van der Waals surface area contributed by atoms with Gasteiger partial charge >= 0.3 is 0 Å². The summed E-state index contributed by atoms with van der Waals surface area (Å²) in [4.78, 5) is 2.41. The normalized spacial score (nSPS) is 26.0. The number of allylic oxidation sites excluding steroid dienone is 1. The molecule has 1 rings (SSSR count). The first-order chi connectivity index (χ1) is 6.79. The number of thioether (sulfide) groups is 1. The molecule has 82 valence electrons. The molecular formula is C10H21N3S. The van der Waals surface area contributed by atoms with Crippen LogP contribution in [0, 0.1) is 0 Å². The van der Waals surface area contributed by atoms with Gasteiger partial charge in [0.25, 0.3) is 0 Å². The van der Waals surface area contributed by atoms with Crippen LogP contribution in [0.1, 0.15) is 12.8 Å². The van der Waals surface area contributed by atoms with E-state index in [-0.39, 0.29) is 0 Å². The summed E-state index contributed by atoms with van der Waals surface area (Å²) in [6.07, 6.45) is 4.07. The number of nitrogens with zero attached hydrogens (tertiary/aromatic N) is 1. The fraction of sp³-hybridized carbons (Fsp3) is 0.800. The lowest BCUT2D eigenvalue weighted by Crippen LogP contribution is -2.54. The fourth-order valence-corrected chi connectivity index (χ4v) is 3.13. The molecule has 0 saturated carbocycles. The Labute approximate surface area is 91.1 Å². The Hall–Kier alpha value is -0.0300. The van der Waals surface area contributed by atoms with Crippen LogP contribution < -0.4 is 11.3 Å². The monoisotopic (exact) mass is 215 g/mol. The zero-order valence-corrected chi connectivity index (χ0v) is 9.72. The highest BCUT2D eigenvalue weighted by Crippen LogP contribution is 2.19. The molecule has 0 aromatic carbocycles. The Bertz CT molecular complexity index is 175. The summed E-state index contributed by atoms with van der Waals surface area (Å²) >= 11 is 2.02. The summed E-state index contributed by atoms with van der Waals surface area (Å²) in [5.74, 6) is 8.01. The van der Waals surface area contributed by atoms with E-state index in [2.05, 4.69) is 24.0 Å². The van der Waals surface area contributed by atoms with Gasteiger partial charge in [-0.3, -0.25) is 11.3 Å². The van der Waals surface area contributed by atoms with Crippen molar-refractivity contribution in [2.75, 3.05) is 25.1 Å². The van der Waals surface area contributed by atoms with Crippen molar-refractivity contribution >= 4 is 11.8 Å². The van der Waals surface area contributed by atoms with Gasteiger partial charge in [-0.2, -0.15) is 11.8 Å². The molecule has 0 radical (unpaired) electrons. The van der Waals surface area contributed by atoms with Gasteiger partial charge in [0.1, 0.15) is 0 Å². The molecule has 0 aromatic rings. The lowest BCUT2D eigenvalue weighted by molar-refractivity contribution is 0.209. The molecule has 14 heavy (non-hydrogen) atoms. The smallest absolute Gasteiger partial charge is 0.0377 e. The second-order valence-electron chi connectivity index (χ2n) is 3.76. The molecule has 0 bridgehead atoms. The summed E-state index contributed by atoms with van der Waals surface area (Å²) in [7, 11) is 2.18. The van der Waals surface area contributed by atoms with Crippen LogP contribution in [0.15, 0.2) is 12.7 Å². The van der Waals surface area contributed by atoms with Gasteiger partial charge in [0.05, 0.1) is 0 Å². The van der Waals surface area contributed by atoms with Crippen molar-refractivity contribution in [2.45, 2.75) is 24.9 Å². The van der Waals surface area contributed by atoms with E-state index in [0.29, 0.717) is 12.1 Å². The van der Waals surface area contributed by atoms with Crippen LogP contribution in [0.5, 0.6) is 0 Å². The highest BCUT2D eigenvalue weighted by molar-refractivity contribution is 7.99. The zero-order chi connectivity index (χ0) is 10.4. The highest BCUT2D eigenvalue weighted by Gasteiger charge is 2.26. The predicted molar refractivity (Wildman–Crippen MR) is 64.3 cm³/mol. The number of likely N-dealkylation sites (N-methyl/N-ethyl adjacent to an activating group) is 1. The van der Waals surface area contributed by atoms with E-state index in [1.54, 1.807) is 0 Å². The van der Waals surface area contributed by atoms with Gasteiger partial charge in [-0.25, -0.2) is 0 Å². The van der Waals surface area contributed by atoms with Gasteiger partial charge in [0.15, 0.2) is 0 Å². The Morgan fingerprint density at radius 1 is 1.79 bits per heavy atom. The minimum Gasteiger partial charge on any atom is -0.300 e. The van der Waals surface area contributed by atoms with Crippen molar-refractivity contribution in [2.24, 2.45) is 5.84 Å². The molecule has 1 aliphatic rings. The molecule has 2 atom stereocenters. The molecule has 0 aliphatic carbocycles. The minimum absolute atomic E-state index is 0.394. The third-order valence-electron chi connectivity index (χ3n) is 2.80. The summed E-state index contributed by atoms with van der Waals surface area (Å²) in [6, 6.07) is 0.962. The first-order valence-corrected chi connectivity index (χ1v) is 6.30. The zero-order valence-electron chi connectivity index (χ0n) is 8.91. The molecule has 1 aliphatic heterocycles. The fourth-order valence-electron chi connectivity index (χ4n) is 1.81. The molecule has 0 amide bonds. The van der Waals surface area contributed by atoms with Crippen LogP contribution in [0.25, 0.3) is 0 Å². The number of rotatable bonds is 5. The van der Waals surface area contributed by atoms with Gasteiger partial charge in [-0.1, -0.05) is 6.08 Å². The van der Waals surface area contributed by atoms with Gasteiger partial charge < -0.3 is 4.90 Å². The Balaban J connectivity index is 2.43. The van der Waals surface area contributed by atoms with E-state index in [1.807, 2.05) is 17.8 Å². The van der Waals surface area contributed by atoms with E-state index in [1.165, 1.54) is 18.1 Å². The molecule has 0 spiro atoms. The average Bonchev–Trinajstić information content (AvgIpc) is 2.21. The van der Waals surface area contributed by atoms with Crippen molar-refractivity contribution in [3.05, 3.63) is 12.7 Å². The van der Waals surface area contributed by atoms with E-state index < -0.39 is 0 Å². The molecule has 1 fully saturated rings. The number of nitrogens with two attached hydrogens (primary N) is 1. The number of hydrogen-bond acceptors (Lipinski definition) is 4. The lowest BCUT2D eigenvalue weighted by atomic mass is 10.0. The SMILES string of the molecule is C=CCCC(NN)C1CSCCN1C. The maximum Gasteiger partial charge on any atom is 0.0377 e. The third kappa shape index (κ3) is 3.28. The van der Waals surface area contributed by atoms with Crippen molar-refractivity contribution in [1.29, 1.82) is 0 Å². The molecule has 3 nitrogen and oxygen atoms in total. The second-order valence-corrected chi connectivity index (χ2v) is 4.91. The van der Waals surface area contributed by atoms with Crippen LogP contribution in [-0.2, 0) is 0 Å². The van der Waals surface area contributed by atoms with Crippen molar-refractivity contribution in [3.63, 3.8) is 0 Å². The molecular weight excluding hydrogens is 194 g/mol. The Morgan fingerprint density at radius 2 is 2.57 bits per heavy atom. The van der Waals surface area contributed by atoms with Crippen LogP contribution >= 0.6 is 11.8 Å². The maximum atomic E-state index is 5.59. The largest absolute Gasteiger partial charge is 0.300 e. The predicted octanol–water partition coefficient (Wildman–Crippen LogP) is 0.832. The Kier molecular flexibility index (Phi) is 5.55. The van der Waals surface area contributed by atoms with Gasteiger partial charge in [-0.15, -0.1) is 6.58 Å². The topological polar surface area (TPSA) is 41.3 Å². The molecule has 2 unspecified atom stereocenters. The van der Waals surface area contributed by atoms with Crippen molar-refractivity contribution < 1.29 is 0 Å². The first kappa shape index (κ1) is 12.0. The van der Waals surface area contributed by atoms with Gasteiger partial charge in [-0.05, 0) is 19.9 Å². The average molecular weight is 215 g/mol. The summed E-state index contributed by atoms with van der Waals surface area (Å²) in [5.41, 5.74) is 2.93.